The molecule has 0 spiro atoms. The fourth-order valence-corrected chi connectivity index (χ4v) is 3.42. The molecule has 0 heterocycles. The zero-order chi connectivity index (χ0) is 10.9. The van der Waals surface area contributed by atoms with Crippen LogP contribution in [-0.2, 0) is 0 Å². The molecular formula is C12H25NS2. The molecule has 1 aliphatic carbocycles. The van der Waals surface area contributed by atoms with E-state index in [4.69, 9.17) is 0 Å². The number of rotatable bonds is 7. The first-order valence-corrected chi connectivity index (χ1v) is 8.80. The summed E-state index contributed by atoms with van der Waals surface area (Å²) in [7, 11) is 0. The maximum atomic E-state index is 3.71. The van der Waals surface area contributed by atoms with E-state index in [0.717, 1.165) is 11.3 Å². The van der Waals surface area contributed by atoms with E-state index in [-0.39, 0.29) is 0 Å². The molecule has 0 radical (unpaired) electrons. The molecule has 0 bridgehead atoms. The zero-order valence-electron chi connectivity index (χ0n) is 10.1. The van der Waals surface area contributed by atoms with E-state index in [1.807, 2.05) is 11.8 Å². The van der Waals surface area contributed by atoms with Crippen LogP contribution in [0.3, 0.4) is 0 Å². The van der Waals surface area contributed by atoms with Gasteiger partial charge in [0, 0.05) is 11.3 Å². The van der Waals surface area contributed by atoms with Crippen LogP contribution in [0.5, 0.6) is 0 Å². The largest absolute Gasteiger partial charge is 0.314 e. The average Bonchev–Trinajstić information content (AvgIpc) is 2.30. The molecule has 1 rings (SSSR count). The van der Waals surface area contributed by atoms with Crippen LogP contribution in [-0.4, -0.2) is 36.1 Å². The molecular weight excluding hydrogens is 222 g/mol. The van der Waals surface area contributed by atoms with Gasteiger partial charge in [-0.3, -0.25) is 0 Å². The summed E-state index contributed by atoms with van der Waals surface area (Å²) in [5.41, 5.74) is 0. The van der Waals surface area contributed by atoms with Gasteiger partial charge in [0.15, 0.2) is 0 Å². The summed E-state index contributed by atoms with van der Waals surface area (Å²) < 4.78 is 0. The second kappa shape index (κ2) is 8.77. The smallest absolute Gasteiger partial charge is 0.00678 e. The molecule has 1 saturated carbocycles. The third-order valence-corrected chi connectivity index (χ3v) is 5.05. The molecule has 3 heteroatoms. The van der Waals surface area contributed by atoms with Crippen molar-refractivity contribution in [3.05, 3.63) is 0 Å². The summed E-state index contributed by atoms with van der Waals surface area (Å²) in [6.45, 7) is 1.23. The van der Waals surface area contributed by atoms with Crippen LogP contribution in [0.4, 0.5) is 0 Å². The van der Waals surface area contributed by atoms with Gasteiger partial charge in [-0.1, -0.05) is 0 Å². The molecule has 0 saturated heterocycles. The van der Waals surface area contributed by atoms with E-state index in [0.29, 0.717) is 0 Å². The van der Waals surface area contributed by atoms with Crippen LogP contribution in [0.25, 0.3) is 0 Å². The van der Waals surface area contributed by atoms with Gasteiger partial charge in [0.25, 0.3) is 0 Å². The van der Waals surface area contributed by atoms with Crippen LogP contribution >= 0.6 is 23.5 Å². The van der Waals surface area contributed by atoms with Crippen LogP contribution in [0.2, 0.25) is 0 Å². The van der Waals surface area contributed by atoms with Crippen LogP contribution in [0, 0.1) is 0 Å². The Kier molecular flexibility index (Phi) is 8.02. The minimum absolute atomic E-state index is 0.822. The van der Waals surface area contributed by atoms with Gasteiger partial charge in [-0.05, 0) is 63.3 Å². The summed E-state index contributed by atoms with van der Waals surface area (Å²) >= 11 is 4.01. The first kappa shape index (κ1) is 13.7. The van der Waals surface area contributed by atoms with Gasteiger partial charge < -0.3 is 5.32 Å². The predicted molar refractivity (Wildman–Crippen MR) is 75.2 cm³/mol. The molecule has 0 aromatic rings. The Morgan fingerprint density at radius 1 is 1.07 bits per heavy atom. The van der Waals surface area contributed by atoms with Gasteiger partial charge in [-0.2, -0.15) is 23.5 Å². The van der Waals surface area contributed by atoms with Crippen molar-refractivity contribution >= 4 is 23.5 Å². The van der Waals surface area contributed by atoms with Crippen molar-refractivity contribution in [2.24, 2.45) is 0 Å². The third kappa shape index (κ3) is 6.08. The van der Waals surface area contributed by atoms with E-state index in [9.17, 15) is 0 Å². The highest BCUT2D eigenvalue weighted by Gasteiger charge is 2.19. The predicted octanol–water partition coefficient (Wildman–Crippen LogP) is 3.39. The van der Waals surface area contributed by atoms with Crippen molar-refractivity contribution in [3.63, 3.8) is 0 Å². The molecule has 0 aromatic heterocycles. The molecule has 15 heavy (non-hydrogen) atoms. The third-order valence-electron chi connectivity index (χ3n) is 3.22. The first-order valence-electron chi connectivity index (χ1n) is 6.12. The van der Waals surface area contributed by atoms with Crippen molar-refractivity contribution in [1.82, 2.24) is 5.32 Å². The summed E-state index contributed by atoms with van der Waals surface area (Å²) in [5.74, 6) is 1.32. The van der Waals surface area contributed by atoms with Crippen molar-refractivity contribution in [1.29, 1.82) is 0 Å². The van der Waals surface area contributed by atoms with E-state index in [1.165, 1.54) is 50.8 Å². The quantitative estimate of drug-likeness (QED) is 0.693. The number of thioether (sulfide) groups is 2. The van der Waals surface area contributed by atoms with Gasteiger partial charge in [0.1, 0.15) is 0 Å². The first-order chi connectivity index (χ1) is 7.36. The molecule has 1 nitrogen and oxygen atoms in total. The lowest BCUT2D eigenvalue weighted by Crippen LogP contribution is -2.34. The number of unbranched alkanes of at least 4 members (excludes halogenated alkanes) is 1. The second-order valence-electron chi connectivity index (χ2n) is 4.36. The maximum Gasteiger partial charge on any atom is 0.00678 e. The Morgan fingerprint density at radius 2 is 1.80 bits per heavy atom. The summed E-state index contributed by atoms with van der Waals surface area (Å²) in [5, 5.41) is 4.65. The van der Waals surface area contributed by atoms with Gasteiger partial charge >= 0.3 is 0 Å². The number of hydrogen-bond acceptors (Lipinski definition) is 3. The fourth-order valence-electron chi connectivity index (χ4n) is 2.18. The Morgan fingerprint density at radius 3 is 2.40 bits per heavy atom. The maximum absolute atomic E-state index is 3.71. The summed E-state index contributed by atoms with van der Waals surface area (Å²) in [6, 6.07) is 0.822. The molecule has 0 unspecified atom stereocenters. The van der Waals surface area contributed by atoms with Crippen molar-refractivity contribution in [3.8, 4) is 0 Å². The lowest BCUT2D eigenvalue weighted by molar-refractivity contribution is 0.378. The lowest BCUT2D eigenvalue weighted by atomic mass is 9.95. The van der Waals surface area contributed by atoms with Crippen LogP contribution < -0.4 is 5.32 Å². The number of nitrogens with one attached hydrogen (secondary N) is 1. The SMILES string of the molecule is CSCCCCNC1CCC(SC)CC1. The van der Waals surface area contributed by atoms with Gasteiger partial charge in [0.2, 0.25) is 0 Å². The molecule has 0 atom stereocenters. The standard InChI is InChI=1S/C12H25NS2/c1-14-10-4-3-9-13-11-5-7-12(15-2)8-6-11/h11-13H,3-10H2,1-2H3. The highest BCUT2D eigenvalue weighted by Crippen LogP contribution is 2.26. The highest BCUT2D eigenvalue weighted by molar-refractivity contribution is 7.99. The van der Waals surface area contributed by atoms with E-state index >= 15 is 0 Å². The molecule has 1 N–H and O–H groups in total. The minimum atomic E-state index is 0.822. The van der Waals surface area contributed by atoms with E-state index in [2.05, 4.69) is 29.6 Å². The summed E-state index contributed by atoms with van der Waals surface area (Å²) in [6.07, 6.45) is 12.8. The van der Waals surface area contributed by atoms with Crippen LogP contribution in [0.1, 0.15) is 38.5 Å². The normalized spacial score (nSPS) is 26.8. The van der Waals surface area contributed by atoms with Crippen molar-refractivity contribution in [2.45, 2.75) is 49.8 Å². The molecule has 1 aliphatic rings. The Balaban J connectivity index is 1.94. The Labute approximate surface area is 104 Å². The molecule has 0 aromatic carbocycles. The minimum Gasteiger partial charge on any atom is -0.314 e. The average molecular weight is 247 g/mol. The van der Waals surface area contributed by atoms with Crippen molar-refractivity contribution in [2.75, 3.05) is 24.8 Å². The Hall–Kier alpha value is 0.660. The van der Waals surface area contributed by atoms with Gasteiger partial charge in [-0.25, -0.2) is 0 Å². The second-order valence-corrected chi connectivity index (χ2v) is 6.49. The zero-order valence-corrected chi connectivity index (χ0v) is 11.8. The van der Waals surface area contributed by atoms with Crippen molar-refractivity contribution < 1.29 is 0 Å². The number of hydrogen-bond donors (Lipinski definition) is 1. The summed E-state index contributed by atoms with van der Waals surface area (Å²) in [4.78, 5) is 0. The topological polar surface area (TPSA) is 12.0 Å². The monoisotopic (exact) mass is 247 g/mol. The van der Waals surface area contributed by atoms with Gasteiger partial charge in [-0.15, -0.1) is 0 Å². The fraction of sp³-hybridized carbons (Fsp3) is 1.00. The van der Waals surface area contributed by atoms with Crippen LogP contribution in [0.15, 0.2) is 0 Å². The Bertz CT molecular complexity index is 145. The molecule has 1 fully saturated rings. The highest BCUT2D eigenvalue weighted by atomic mass is 32.2. The molecule has 90 valence electrons. The molecule has 0 amide bonds. The van der Waals surface area contributed by atoms with E-state index in [1.54, 1.807) is 0 Å². The lowest BCUT2D eigenvalue weighted by Gasteiger charge is -2.28. The molecule has 0 aliphatic heterocycles. The van der Waals surface area contributed by atoms with E-state index < -0.39 is 0 Å². The van der Waals surface area contributed by atoms with Gasteiger partial charge in [0.05, 0.1) is 0 Å².